The van der Waals surface area contributed by atoms with Gasteiger partial charge in [-0.05, 0) is 44.0 Å². The Balaban J connectivity index is 0.00000225. The Bertz CT molecular complexity index is 793. The van der Waals surface area contributed by atoms with Crippen molar-refractivity contribution in [2.75, 3.05) is 31.6 Å². The molecule has 0 spiro atoms. The number of rotatable bonds is 8. The molecule has 0 saturated carbocycles. The van der Waals surface area contributed by atoms with E-state index in [1.165, 1.54) is 0 Å². The number of ether oxygens (including phenoxy) is 1. The standard InChI is InChI=1S/C19H32N6O2Si.2ClH/c1-28(2,3)11-10-27-14-25-9-6-16-18(25)21-13-17(23-16)24-19(26)22-12-15-4-7-20-8-5-15;;/h6,9,13,15,20H,4-5,7-8,10-12,14H2,1-3H3,(H2,22,23,24,26);2*1H. The Kier molecular flexibility index (Phi) is 11.1. The smallest absolute Gasteiger partial charge is 0.320 e. The first-order valence-corrected chi connectivity index (χ1v) is 13.8. The molecule has 1 saturated heterocycles. The topological polar surface area (TPSA) is 93.1 Å². The van der Waals surface area contributed by atoms with Gasteiger partial charge in [0, 0.05) is 27.4 Å². The zero-order valence-corrected chi connectivity index (χ0v) is 20.6. The van der Waals surface area contributed by atoms with Crippen molar-refractivity contribution in [2.45, 2.75) is 45.3 Å². The van der Waals surface area contributed by atoms with Crippen molar-refractivity contribution in [3.05, 3.63) is 18.5 Å². The molecule has 1 aliphatic heterocycles. The van der Waals surface area contributed by atoms with Crippen LogP contribution in [0.2, 0.25) is 25.7 Å². The number of amides is 2. The van der Waals surface area contributed by atoms with Crippen LogP contribution < -0.4 is 16.0 Å². The number of hydrogen-bond donors (Lipinski definition) is 3. The Morgan fingerprint density at radius 3 is 2.73 bits per heavy atom. The number of aromatic nitrogens is 3. The van der Waals surface area contributed by atoms with Gasteiger partial charge >= 0.3 is 6.03 Å². The lowest BCUT2D eigenvalue weighted by Gasteiger charge is -2.22. The van der Waals surface area contributed by atoms with Crippen LogP contribution in [-0.4, -0.2) is 54.9 Å². The third kappa shape index (κ3) is 8.39. The van der Waals surface area contributed by atoms with E-state index in [1.807, 2.05) is 16.8 Å². The number of fused-ring (bicyclic) bond motifs is 1. The number of anilines is 1. The summed E-state index contributed by atoms with van der Waals surface area (Å²) in [7, 11) is -1.09. The number of carbonyl (C=O) groups excluding carboxylic acids is 1. The van der Waals surface area contributed by atoms with Gasteiger partial charge in [0.05, 0.1) is 6.20 Å². The molecule has 0 unspecified atom stereocenters. The number of hydrogen-bond acceptors (Lipinski definition) is 5. The number of urea groups is 1. The molecule has 2 amide bonds. The van der Waals surface area contributed by atoms with E-state index in [4.69, 9.17) is 4.74 Å². The summed E-state index contributed by atoms with van der Waals surface area (Å²) in [5, 5.41) is 9.04. The van der Waals surface area contributed by atoms with Crippen LogP contribution in [-0.2, 0) is 11.5 Å². The highest BCUT2D eigenvalue weighted by Gasteiger charge is 2.15. The van der Waals surface area contributed by atoms with E-state index in [9.17, 15) is 4.79 Å². The predicted molar refractivity (Wildman–Crippen MR) is 129 cm³/mol. The van der Waals surface area contributed by atoms with E-state index in [2.05, 4.69) is 45.6 Å². The lowest BCUT2D eigenvalue weighted by molar-refractivity contribution is 0.0899. The summed E-state index contributed by atoms with van der Waals surface area (Å²) in [6.07, 6.45) is 5.70. The van der Waals surface area contributed by atoms with Crippen molar-refractivity contribution >= 4 is 55.9 Å². The number of halogens is 2. The molecular formula is C19H34Cl2N6O2Si. The van der Waals surface area contributed by atoms with Crippen molar-refractivity contribution in [2.24, 2.45) is 5.92 Å². The van der Waals surface area contributed by atoms with Crippen molar-refractivity contribution in [1.82, 2.24) is 25.2 Å². The highest BCUT2D eigenvalue weighted by molar-refractivity contribution is 6.76. The van der Waals surface area contributed by atoms with Crippen LogP contribution in [0.3, 0.4) is 0 Å². The van der Waals surface area contributed by atoms with Gasteiger partial charge < -0.3 is 19.9 Å². The quantitative estimate of drug-likeness (QED) is 0.398. The normalized spacial score (nSPS) is 14.6. The van der Waals surface area contributed by atoms with Crippen LogP contribution in [0.5, 0.6) is 0 Å². The number of nitrogens with one attached hydrogen (secondary N) is 3. The highest BCUT2D eigenvalue weighted by Crippen LogP contribution is 2.15. The molecule has 0 atom stereocenters. The fraction of sp³-hybridized carbons (Fsp3) is 0.632. The molecule has 1 fully saturated rings. The van der Waals surface area contributed by atoms with Gasteiger partial charge in [-0.1, -0.05) is 19.6 Å². The van der Waals surface area contributed by atoms with Crippen molar-refractivity contribution in [3.63, 3.8) is 0 Å². The zero-order valence-electron chi connectivity index (χ0n) is 17.9. The average Bonchev–Trinajstić information content (AvgIpc) is 3.06. The van der Waals surface area contributed by atoms with Gasteiger partial charge in [0.2, 0.25) is 0 Å². The van der Waals surface area contributed by atoms with E-state index < -0.39 is 8.07 Å². The molecule has 11 heteroatoms. The Morgan fingerprint density at radius 2 is 2.03 bits per heavy atom. The molecule has 1 aliphatic rings. The Hall–Kier alpha value is -1.39. The molecule has 8 nitrogen and oxygen atoms in total. The minimum atomic E-state index is -1.09. The maximum atomic E-state index is 12.1. The summed E-state index contributed by atoms with van der Waals surface area (Å²) in [6, 6.07) is 2.79. The van der Waals surface area contributed by atoms with Crippen LogP contribution in [0, 0.1) is 5.92 Å². The van der Waals surface area contributed by atoms with E-state index in [0.717, 1.165) is 49.7 Å². The Morgan fingerprint density at radius 1 is 1.30 bits per heavy atom. The molecule has 0 aliphatic carbocycles. The third-order valence-corrected chi connectivity index (χ3v) is 6.65. The molecule has 0 aromatic carbocycles. The maximum absolute atomic E-state index is 12.1. The van der Waals surface area contributed by atoms with Crippen LogP contribution in [0.4, 0.5) is 10.6 Å². The molecule has 2 aromatic rings. The molecule has 3 heterocycles. The maximum Gasteiger partial charge on any atom is 0.320 e. The third-order valence-electron chi connectivity index (χ3n) is 4.94. The second-order valence-corrected chi connectivity index (χ2v) is 14.2. The largest absolute Gasteiger partial charge is 0.361 e. The fourth-order valence-electron chi connectivity index (χ4n) is 3.15. The van der Waals surface area contributed by atoms with Crippen LogP contribution in [0.25, 0.3) is 11.2 Å². The first-order valence-electron chi connectivity index (χ1n) is 10.1. The summed E-state index contributed by atoms with van der Waals surface area (Å²) >= 11 is 0. The molecule has 3 rings (SSSR count). The van der Waals surface area contributed by atoms with Gasteiger partial charge in [-0.2, -0.15) is 0 Å². The monoisotopic (exact) mass is 476 g/mol. The zero-order chi connectivity index (χ0) is 20.0. The first-order chi connectivity index (χ1) is 13.4. The lowest BCUT2D eigenvalue weighted by Crippen LogP contribution is -2.37. The molecule has 2 aromatic heterocycles. The van der Waals surface area contributed by atoms with E-state index >= 15 is 0 Å². The minimum absolute atomic E-state index is 0. The van der Waals surface area contributed by atoms with Crippen LogP contribution in [0.1, 0.15) is 12.8 Å². The summed E-state index contributed by atoms with van der Waals surface area (Å²) in [5.41, 5.74) is 1.50. The summed E-state index contributed by atoms with van der Waals surface area (Å²) in [5.74, 6) is 0.989. The van der Waals surface area contributed by atoms with Crippen molar-refractivity contribution in [3.8, 4) is 0 Å². The highest BCUT2D eigenvalue weighted by atomic mass is 35.5. The molecule has 0 bridgehead atoms. The number of piperidine rings is 1. The van der Waals surface area contributed by atoms with Gasteiger partial charge in [0.15, 0.2) is 11.5 Å². The number of carbonyl (C=O) groups is 1. The number of nitrogens with zero attached hydrogens (tertiary/aromatic N) is 3. The van der Waals surface area contributed by atoms with E-state index in [1.54, 1.807) is 6.20 Å². The minimum Gasteiger partial charge on any atom is -0.361 e. The first kappa shape index (κ1) is 26.6. The van der Waals surface area contributed by atoms with Gasteiger partial charge in [0.1, 0.15) is 12.2 Å². The second-order valence-electron chi connectivity index (χ2n) is 8.63. The van der Waals surface area contributed by atoms with E-state index in [-0.39, 0.29) is 30.8 Å². The molecule has 0 radical (unpaired) electrons. The molecule has 30 heavy (non-hydrogen) atoms. The van der Waals surface area contributed by atoms with Crippen molar-refractivity contribution < 1.29 is 9.53 Å². The summed E-state index contributed by atoms with van der Waals surface area (Å²) in [6.45, 7) is 11.0. The van der Waals surface area contributed by atoms with Gasteiger partial charge in [-0.25, -0.2) is 14.8 Å². The lowest BCUT2D eigenvalue weighted by atomic mass is 9.98. The second kappa shape index (κ2) is 12.5. The van der Waals surface area contributed by atoms with Gasteiger partial charge in [-0.3, -0.25) is 5.32 Å². The Labute approximate surface area is 191 Å². The van der Waals surface area contributed by atoms with Crippen LogP contribution >= 0.6 is 24.8 Å². The average molecular weight is 478 g/mol. The van der Waals surface area contributed by atoms with Gasteiger partial charge in [-0.15, -0.1) is 24.8 Å². The van der Waals surface area contributed by atoms with Crippen LogP contribution in [0.15, 0.2) is 18.5 Å². The SMILES string of the molecule is C[Si](C)(C)CCOCn1ccc2nc(NC(=O)NCC3CCNCC3)cnc21.Cl.Cl. The molecule has 170 valence electrons. The summed E-state index contributed by atoms with van der Waals surface area (Å²) in [4.78, 5) is 21.1. The van der Waals surface area contributed by atoms with Crippen molar-refractivity contribution in [1.29, 1.82) is 0 Å². The fourth-order valence-corrected chi connectivity index (χ4v) is 3.91. The predicted octanol–water partition coefficient (Wildman–Crippen LogP) is 3.71. The molecular weight excluding hydrogens is 443 g/mol. The van der Waals surface area contributed by atoms with Gasteiger partial charge in [0.25, 0.3) is 0 Å². The summed E-state index contributed by atoms with van der Waals surface area (Å²) < 4.78 is 7.73. The van der Waals surface area contributed by atoms with E-state index in [0.29, 0.717) is 25.0 Å². The molecule has 3 N–H and O–H groups in total.